The fourth-order valence-corrected chi connectivity index (χ4v) is 3.90. The molecular formula is C23H28N2O4S. The average Bonchev–Trinajstić information content (AvgIpc) is 3.10. The third-order valence-corrected chi connectivity index (χ3v) is 5.53. The Hall–Kier alpha value is -2.80. The largest absolute Gasteiger partial charge is 0.504 e. The van der Waals surface area contributed by atoms with Crippen LogP contribution < -0.4 is 14.8 Å². The summed E-state index contributed by atoms with van der Waals surface area (Å²) in [5, 5.41) is 14.1. The van der Waals surface area contributed by atoms with Gasteiger partial charge < -0.3 is 19.9 Å². The minimum Gasteiger partial charge on any atom is -0.504 e. The van der Waals surface area contributed by atoms with E-state index in [1.807, 2.05) is 25.1 Å². The fourth-order valence-electron chi connectivity index (χ4n) is 3.04. The number of rotatable bonds is 11. The number of unbranched alkanes of at least 4 members (excludes halogenated alkanes) is 4. The van der Waals surface area contributed by atoms with Crippen LogP contribution in [-0.2, 0) is 4.79 Å². The highest BCUT2D eigenvalue weighted by molar-refractivity contribution is 7.18. The summed E-state index contributed by atoms with van der Waals surface area (Å²) in [5.41, 5.74) is 0.928. The minimum absolute atomic E-state index is 0.0515. The monoisotopic (exact) mass is 428 g/mol. The average molecular weight is 429 g/mol. The van der Waals surface area contributed by atoms with Crippen molar-refractivity contribution >= 4 is 27.5 Å². The number of fused-ring (bicyclic) bond motifs is 1. The number of hydrogen-bond donors (Lipinski definition) is 2. The maximum Gasteiger partial charge on any atom is 0.257 e. The van der Waals surface area contributed by atoms with Crippen LogP contribution in [0.3, 0.4) is 0 Å². The highest BCUT2D eigenvalue weighted by Crippen LogP contribution is 2.35. The number of hydrogen-bond acceptors (Lipinski definition) is 6. The second-order valence-electron chi connectivity index (χ2n) is 7.15. The van der Waals surface area contributed by atoms with E-state index in [1.165, 1.54) is 25.3 Å². The van der Waals surface area contributed by atoms with E-state index in [1.54, 1.807) is 23.5 Å². The summed E-state index contributed by atoms with van der Waals surface area (Å²) in [6.07, 6.45) is 5.75. The number of benzene rings is 2. The molecule has 0 unspecified atom stereocenters. The number of thiazole rings is 1. The van der Waals surface area contributed by atoms with Gasteiger partial charge >= 0.3 is 0 Å². The minimum atomic E-state index is -0.168. The molecule has 1 heterocycles. The zero-order chi connectivity index (χ0) is 21.3. The van der Waals surface area contributed by atoms with Gasteiger partial charge in [-0.1, -0.05) is 32.6 Å². The normalized spacial score (nSPS) is 10.9. The Kier molecular flexibility index (Phi) is 7.90. The Labute approximate surface area is 180 Å². The quantitative estimate of drug-likeness (QED) is 0.390. The van der Waals surface area contributed by atoms with Crippen molar-refractivity contribution in [3.8, 4) is 23.0 Å². The molecule has 7 heteroatoms. The van der Waals surface area contributed by atoms with Gasteiger partial charge in [0.25, 0.3) is 5.91 Å². The third kappa shape index (κ3) is 6.35. The lowest BCUT2D eigenvalue weighted by atomic mass is 10.1. The van der Waals surface area contributed by atoms with E-state index < -0.39 is 0 Å². The van der Waals surface area contributed by atoms with Crippen molar-refractivity contribution in [3.63, 3.8) is 0 Å². The van der Waals surface area contributed by atoms with Crippen LogP contribution in [0.2, 0.25) is 0 Å². The van der Waals surface area contributed by atoms with Crippen molar-refractivity contribution in [2.45, 2.75) is 46.0 Å². The van der Waals surface area contributed by atoms with E-state index in [-0.39, 0.29) is 18.3 Å². The number of phenols is 1. The number of aromatic hydroxyl groups is 1. The number of aromatic nitrogens is 1. The summed E-state index contributed by atoms with van der Waals surface area (Å²) in [6.45, 7) is 4.71. The molecule has 30 heavy (non-hydrogen) atoms. The first-order chi connectivity index (χ1) is 14.5. The molecular weight excluding hydrogens is 400 g/mol. The van der Waals surface area contributed by atoms with Gasteiger partial charge in [-0.05, 0) is 37.6 Å². The maximum absolute atomic E-state index is 11.9. The summed E-state index contributed by atoms with van der Waals surface area (Å²) in [5.74, 6) is 1.13. The van der Waals surface area contributed by atoms with Gasteiger partial charge in [-0.2, -0.15) is 0 Å². The van der Waals surface area contributed by atoms with E-state index in [2.05, 4.69) is 17.2 Å². The van der Waals surface area contributed by atoms with Crippen LogP contribution in [0, 0.1) is 6.92 Å². The van der Waals surface area contributed by atoms with Gasteiger partial charge in [-0.25, -0.2) is 4.98 Å². The molecule has 2 aromatic carbocycles. The molecule has 0 saturated heterocycles. The van der Waals surface area contributed by atoms with Gasteiger partial charge in [0.2, 0.25) is 0 Å². The SMILES string of the molecule is CCCCCCCNC(=O)COc1ccc(Oc2ccc3nc(C)sc3c2)c(O)c1. The standard InChI is InChI=1S/C23H28N2O4S/c1-3-4-5-6-7-12-24-23(27)15-28-17-9-11-21(20(26)13-17)29-18-8-10-19-22(14-18)30-16(2)25-19/h8-11,13-14,26H,3-7,12,15H2,1-2H3,(H,24,27). The smallest absolute Gasteiger partial charge is 0.257 e. The molecule has 0 atom stereocenters. The van der Waals surface area contributed by atoms with Crippen LogP contribution in [0.1, 0.15) is 44.0 Å². The summed E-state index contributed by atoms with van der Waals surface area (Å²) >= 11 is 1.59. The number of carbonyl (C=O) groups is 1. The molecule has 1 aromatic heterocycles. The molecule has 0 spiro atoms. The van der Waals surface area contributed by atoms with Crippen LogP contribution in [0.25, 0.3) is 10.2 Å². The van der Waals surface area contributed by atoms with Crippen molar-refractivity contribution in [1.29, 1.82) is 0 Å². The summed E-state index contributed by atoms with van der Waals surface area (Å²) in [7, 11) is 0. The molecule has 0 aliphatic rings. The summed E-state index contributed by atoms with van der Waals surface area (Å²) < 4.78 is 12.3. The molecule has 3 aromatic rings. The molecule has 6 nitrogen and oxygen atoms in total. The molecule has 0 fully saturated rings. The topological polar surface area (TPSA) is 80.7 Å². The second-order valence-corrected chi connectivity index (χ2v) is 8.38. The summed E-state index contributed by atoms with van der Waals surface area (Å²) in [4.78, 5) is 16.3. The number of aryl methyl sites for hydroxylation is 1. The van der Waals surface area contributed by atoms with Crippen LogP contribution in [0.5, 0.6) is 23.0 Å². The lowest BCUT2D eigenvalue weighted by molar-refractivity contribution is -0.123. The number of ether oxygens (including phenoxy) is 2. The van der Waals surface area contributed by atoms with Gasteiger partial charge in [-0.15, -0.1) is 11.3 Å². The van der Waals surface area contributed by atoms with Crippen molar-refractivity contribution < 1.29 is 19.4 Å². The number of amides is 1. The first-order valence-electron chi connectivity index (χ1n) is 10.3. The molecule has 1 amide bonds. The third-order valence-electron chi connectivity index (χ3n) is 4.60. The number of phenolic OH excluding ortho intramolecular Hbond substituents is 1. The Balaban J connectivity index is 1.48. The molecule has 0 bridgehead atoms. The van der Waals surface area contributed by atoms with Gasteiger partial charge in [0.1, 0.15) is 11.5 Å². The van der Waals surface area contributed by atoms with Crippen LogP contribution in [-0.4, -0.2) is 29.1 Å². The Morgan fingerprint density at radius 2 is 1.90 bits per heavy atom. The van der Waals surface area contributed by atoms with Gasteiger partial charge in [0.05, 0.1) is 15.2 Å². The Morgan fingerprint density at radius 1 is 1.10 bits per heavy atom. The van der Waals surface area contributed by atoms with Crippen LogP contribution in [0.15, 0.2) is 36.4 Å². The van der Waals surface area contributed by atoms with Crippen molar-refractivity contribution in [2.75, 3.05) is 13.2 Å². The van der Waals surface area contributed by atoms with Gasteiger partial charge in [0, 0.05) is 18.7 Å². The predicted molar refractivity (Wildman–Crippen MR) is 120 cm³/mol. The van der Waals surface area contributed by atoms with Crippen LogP contribution >= 0.6 is 11.3 Å². The molecule has 0 saturated carbocycles. The fraction of sp³-hybridized carbons (Fsp3) is 0.391. The first kappa shape index (κ1) is 21.9. The number of nitrogens with zero attached hydrogens (tertiary/aromatic N) is 1. The van der Waals surface area contributed by atoms with E-state index in [9.17, 15) is 9.90 Å². The molecule has 0 aliphatic carbocycles. The van der Waals surface area contributed by atoms with Crippen molar-refractivity contribution in [3.05, 3.63) is 41.4 Å². The molecule has 3 rings (SSSR count). The molecule has 0 aliphatic heterocycles. The Bertz CT molecular complexity index is 986. The number of carbonyl (C=O) groups excluding carboxylic acids is 1. The van der Waals surface area contributed by atoms with E-state index in [0.717, 1.165) is 28.1 Å². The van der Waals surface area contributed by atoms with Gasteiger partial charge in [-0.3, -0.25) is 4.79 Å². The second kappa shape index (κ2) is 10.8. The van der Waals surface area contributed by atoms with Crippen molar-refractivity contribution in [1.82, 2.24) is 10.3 Å². The predicted octanol–water partition coefficient (Wildman–Crippen LogP) is 5.57. The summed E-state index contributed by atoms with van der Waals surface area (Å²) in [6, 6.07) is 10.4. The van der Waals surface area contributed by atoms with Crippen LogP contribution in [0.4, 0.5) is 0 Å². The van der Waals surface area contributed by atoms with E-state index in [0.29, 0.717) is 23.8 Å². The van der Waals surface area contributed by atoms with E-state index in [4.69, 9.17) is 9.47 Å². The zero-order valence-electron chi connectivity index (χ0n) is 17.4. The zero-order valence-corrected chi connectivity index (χ0v) is 18.3. The van der Waals surface area contributed by atoms with E-state index >= 15 is 0 Å². The highest BCUT2D eigenvalue weighted by atomic mass is 32.1. The molecule has 160 valence electrons. The lowest BCUT2D eigenvalue weighted by Crippen LogP contribution is -2.29. The Morgan fingerprint density at radius 3 is 2.70 bits per heavy atom. The maximum atomic E-state index is 11.9. The molecule has 0 radical (unpaired) electrons. The van der Waals surface area contributed by atoms with Gasteiger partial charge in [0.15, 0.2) is 18.1 Å². The number of nitrogens with one attached hydrogen (secondary N) is 1. The van der Waals surface area contributed by atoms with Crippen molar-refractivity contribution in [2.24, 2.45) is 0 Å². The highest BCUT2D eigenvalue weighted by Gasteiger charge is 2.09. The first-order valence-corrected chi connectivity index (χ1v) is 11.1. The lowest BCUT2D eigenvalue weighted by Gasteiger charge is -2.11. The molecule has 2 N–H and O–H groups in total.